The van der Waals surface area contributed by atoms with Crippen LogP contribution in [0.2, 0.25) is 0 Å². The maximum Gasteiger partial charge on any atom is 0.0471 e. The lowest BCUT2D eigenvalue weighted by atomic mass is 9.75. The van der Waals surface area contributed by atoms with Crippen molar-refractivity contribution in [3.05, 3.63) is 0 Å². The van der Waals surface area contributed by atoms with Crippen molar-refractivity contribution in [3.63, 3.8) is 0 Å². The first-order valence-electron chi connectivity index (χ1n) is 5.10. The minimum absolute atomic E-state index is 0.604. The summed E-state index contributed by atoms with van der Waals surface area (Å²) in [6.07, 6.45) is 5.47. The van der Waals surface area contributed by atoms with Crippen LogP contribution in [0.1, 0.15) is 25.7 Å². The standard InChI is InChI=1S/C10H19NO/c1-11-8-10(9-2-3-9)4-6-12-7-5-10/h9,11H,2-8H2,1H3. The zero-order valence-corrected chi connectivity index (χ0v) is 7.94. The van der Waals surface area contributed by atoms with Gasteiger partial charge in [0.05, 0.1) is 0 Å². The van der Waals surface area contributed by atoms with Gasteiger partial charge in [-0.3, -0.25) is 0 Å². The fraction of sp³-hybridized carbons (Fsp3) is 1.00. The van der Waals surface area contributed by atoms with Gasteiger partial charge in [-0.2, -0.15) is 0 Å². The summed E-state index contributed by atoms with van der Waals surface area (Å²) >= 11 is 0. The minimum atomic E-state index is 0.604. The predicted molar refractivity (Wildman–Crippen MR) is 49.1 cm³/mol. The lowest BCUT2D eigenvalue weighted by molar-refractivity contribution is 0.00393. The van der Waals surface area contributed by atoms with Gasteiger partial charge in [0, 0.05) is 19.8 Å². The summed E-state index contributed by atoms with van der Waals surface area (Å²) in [4.78, 5) is 0. The number of hydrogen-bond donors (Lipinski definition) is 1. The van der Waals surface area contributed by atoms with Gasteiger partial charge in [0.25, 0.3) is 0 Å². The van der Waals surface area contributed by atoms with Gasteiger partial charge >= 0.3 is 0 Å². The number of nitrogens with one attached hydrogen (secondary N) is 1. The molecule has 1 saturated heterocycles. The molecule has 1 saturated carbocycles. The maximum absolute atomic E-state index is 5.42. The summed E-state index contributed by atoms with van der Waals surface area (Å²) in [6.45, 7) is 3.16. The molecule has 0 aromatic heterocycles. The third kappa shape index (κ3) is 1.50. The molecule has 12 heavy (non-hydrogen) atoms. The van der Waals surface area contributed by atoms with Crippen LogP contribution in [0.4, 0.5) is 0 Å². The largest absolute Gasteiger partial charge is 0.381 e. The Kier molecular flexibility index (Phi) is 2.37. The van der Waals surface area contributed by atoms with Gasteiger partial charge in [-0.15, -0.1) is 0 Å². The van der Waals surface area contributed by atoms with Crippen LogP contribution in [0.5, 0.6) is 0 Å². The van der Waals surface area contributed by atoms with Crippen LogP contribution in [0.15, 0.2) is 0 Å². The van der Waals surface area contributed by atoms with E-state index in [2.05, 4.69) is 12.4 Å². The molecule has 0 aromatic carbocycles. The molecule has 1 heterocycles. The average Bonchev–Trinajstić information content (AvgIpc) is 2.89. The van der Waals surface area contributed by atoms with E-state index < -0.39 is 0 Å². The van der Waals surface area contributed by atoms with Crippen molar-refractivity contribution in [3.8, 4) is 0 Å². The highest BCUT2D eigenvalue weighted by atomic mass is 16.5. The maximum atomic E-state index is 5.42. The number of rotatable bonds is 3. The van der Waals surface area contributed by atoms with Crippen molar-refractivity contribution in [2.75, 3.05) is 26.8 Å². The van der Waals surface area contributed by atoms with Gasteiger partial charge in [0.1, 0.15) is 0 Å². The van der Waals surface area contributed by atoms with Gasteiger partial charge in [-0.05, 0) is 44.1 Å². The van der Waals surface area contributed by atoms with Crippen LogP contribution >= 0.6 is 0 Å². The van der Waals surface area contributed by atoms with E-state index in [1.807, 2.05) is 0 Å². The van der Waals surface area contributed by atoms with Gasteiger partial charge in [0.2, 0.25) is 0 Å². The first kappa shape index (κ1) is 8.52. The molecule has 1 aliphatic carbocycles. The fourth-order valence-corrected chi connectivity index (χ4v) is 2.56. The molecule has 2 rings (SSSR count). The molecule has 70 valence electrons. The van der Waals surface area contributed by atoms with E-state index in [1.165, 1.54) is 32.2 Å². The number of ether oxygens (including phenoxy) is 1. The predicted octanol–water partition coefficient (Wildman–Crippen LogP) is 1.41. The zero-order valence-electron chi connectivity index (χ0n) is 7.94. The summed E-state index contributed by atoms with van der Waals surface area (Å²) < 4.78 is 5.42. The summed E-state index contributed by atoms with van der Waals surface area (Å²) in [5.41, 5.74) is 0.604. The third-order valence-corrected chi connectivity index (χ3v) is 3.46. The normalized spacial score (nSPS) is 28.8. The average molecular weight is 169 g/mol. The molecule has 0 radical (unpaired) electrons. The lowest BCUT2D eigenvalue weighted by Gasteiger charge is -2.37. The Morgan fingerprint density at radius 3 is 2.50 bits per heavy atom. The van der Waals surface area contributed by atoms with Crippen molar-refractivity contribution in [1.82, 2.24) is 5.32 Å². The van der Waals surface area contributed by atoms with Gasteiger partial charge in [-0.1, -0.05) is 0 Å². The van der Waals surface area contributed by atoms with Crippen LogP contribution in [0.25, 0.3) is 0 Å². The molecule has 0 aromatic rings. The SMILES string of the molecule is CNCC1(C2CC2)CCOCC1. The molecule has 1 N–H and O–H groups in total. The Labute approximate surface area is 74.7 Å². The molecular weight excluding hydrogens is 150 g/mol. The highest BCUT2D eigenvalue weighted by molar-refractivity contribution is 4.96. The Morgan fingerprint density at radius 1 is 1.33 bits per heavy atom. The Morgan fingerprint density at radius 2 is 2.00 bits per heavy atom. The van der Waals surface area contributed by atoms with E-state index in [4.69, 9.17) is 4.74 Å². The highest BCUT2D eigenvalue weighted by Crippen LogP contribution is 2.50. The summed E-state index contributed by atoms with van der Waals surface area (Å²) in [5, 5.41) is 3.34. The summed E-state index contributed by atoms with van der Waals surface area (Å²) in [7, 11) is 2.07. The lowest BCUT2D eigenvalue weighted by Crippen LogP contribution is -2.39. The van der Waals surface area contributed by atoms with Gasteiger partial charge in [0.15, 0.2) is 0 Å². The molecular formula is C10H19NO. The van der Waals surface area contributed by atoms with Crippen LogP contribution in [0.3, 0.4) is 0 Å². The summed E-state index contributed by atoms with van der Waals surface area (Å²) in [6, 6.07) is 0. The Bertz CT molecular complexity index is 142. The topological polar surface area (TPSA) is 21.3 Å². The second kappa shape index (κ2) is 3.35. The molecule has 2 heteroatoms. The molecule has 0 bridgehead atoms. The van der Waals surface area contributed by atoms with E-state index in [1.54, 1.807) is 0 Å². The van der Waals surface area contributed by atoms with Crippen LogP contribution in [-0.4, -0.2) is 26.8 Å². The van der Waals surface area contributed by atoms with Gasteiger partial charge in [-0.25, -0.2) is 0 Å². The fourth-order valence-electron chi connectivity index (χ4n) is 2.56. The van der Waals surface area contributed by atoms with Crippen LogP contribution in [0, 0.1) is 11.3 Å². The van der Waals surface area contributed by atoms with Crippen molar-refractivity contribution >= 4 is 0 Å². The van der Waals surface area contributed by atoms with E-state index in [9.17, 15) is 0 Å². The van der Waals surface area contributed by atoms with E-state index >= 15 is 0 Å². The molecule has 0 unspecified atom stereocenters. The third-order valence-electron chi connectivity index (χ3n) is 3.46. The molecule has 0 atom stereocenters. The smallest absolute Gasteiger partial charge is 0.0471 e. The van der Waals surface area contributed by atoms with E-state index in [-0.39, 0.29) is 0 Å². The highest BCUT2D eigenvalue weighted by Gasteiger charge is 2.45. The minimum Gasteiger partial charge on any atom is -0.381 e. The zero-order chi connectivity index (χ0) is 8.44. The van der Waals surface area contributed by atoms with Crippen LogP contribution < -0.4 is 5.32 Å². The van der Waals surface area contributed by atoms with Crippen LogP contribution in [-0.2, 0) is 4.74 Å². The van der Waals surface area contributed by atoms with Crippen molar-refractivity contribution in [1.29, 1.82) is 0 Å². The van der Waals surface area contributed by atoms with E-state index in [0.717, 1.165) is 19.1 Å². The second-order valence-electron chi connectivity index (χ2n) is 4.28. The van der Waals surface area contributed by atoms with Gasteiger partial charge < -0.3 is 10.1 Å². The molecule has 2 nitrogen and oxygen atoms in total. The Balaban J connectivity index is 1.98. The quantitative estimate of drug-likeness (QED) is 0.689. The summed E-state index contributed by atoms with van der Waals surface area (Å²) in [5.74, 6) is 1.01. The first-order valence-corrected chi connectivity index (χ1v) is 5.10. The van der Waals surface area contributed by atoms with Crippen molar-refractivity contribution < 1.29 is 4.74 Å². The molecule has 0 amide bonds. The second-order valence-corrected chi connectivity index (χ2v) is 4.28. The molecule has 0 spiro atoms. The first-order chi connectivity index (χ1) is 5.87. The van der Waals surface area contributed by atoms with Crippen molar-refractivity contribution in [2.45, 2.75) is 25.7 Å². The van der Waals surface area contributed by atoms with E-state index in [0.29, 0.717) is 5.41 Å². The Hall–Kier alpha value is -0.0800. The van der Waals surface area contributed by atoms with Crippen molar-refractivity contribution in [2.24, 2.45) is 11.3 Å². The number of hydrogen-bond acceptors (Lipinski definition) is 2. The molecule has 1 aliphatic heterocycles. The monoisotopic (exact) mass is 169 g/mol. The molecule has 2 aliphatic rings. The molecule has 2 fully saturated rings.